The largest absolute Gasteiger partial charge is 0.309 e. The number of aromatic nitrogens is 3. The first-order valence-corrected chi connectivity index (χ1v) is 22.1. The highest BCUT2D eigenvalue weighted by molar-refractivity contribution is 6.20. The molecule has 10 aromatic carbocycles. The van der Waals surface area contributed by atoms with Crippen molar-refractivity contribution in [3.8, 4) is 50.4 Å². The van der Waals surface area contributed by atoms with E-state index >= 15 is 0 Å². The fourth-order valence-electron chi connectivity index (χ4n) is 10.7. The standard InChI is InChI=1S/C61H41N3/c1-40-51(46-30-18-36-57-60(46)49-27-12-15-33-54(49)63(57)43-22-7-3-8-23-43)38-41(45-29-17-35-56-59(45)48-26-11-14-32-53(48)62(56)42-20-5-2-6-21-42)39-52(40)47-31-19-37-58-61(47)50-28-13-16-34-55(50)64(58)44-24-9-4-10-25-44/h2-39H,1H3. The smallest absolute Gasteiger partial charge is 0.0547 e. The van der Waals surface area contributed by atoms with Gasteiger partial charge >= 0.3 is 0 Å². The van der Waals surface area contributed by atoms with Crippen molar-refractivity contribution in [2.24, 2.45) is 0 Å². The van der Waals surface area contributed by atoms with Crippen molar-refractivity contribution in [3.63, 3.8) is 0 Å². The van der Waals surface area contributed by atoms with Crippen LogP contribution < -0.4 is 0 Å². The van der Waals surface area contributed by atoms with Crippen molar-refractivity contribution in [1.29, 1.82) is 0 Å². The Morgan fingerprint density at radius 3 is 0.922 bits per heavy atom. The molecular weight excluding hydrogens is 775 g/mol. The van der Waals surface area contributed by atoms with E-state index < -0.39 is 0 Å². The van der Waals surface area contributed by atoms with Crippen LogP contribution in [0.3, 0.4) is 0 Å². The molecule has 0 spiro atoms. The first-order valence-electron chi connectivity index (χ1n) is 22.1. The first-order chi connectivity index (χ1) is 31.7. The zero-order chi connectivity index (χ0) is 42.3. The van der Waals surface area contributed by atoms with Crippen LogP contribution in [0.1, 0.15) is 5.56 Å². The molecule has 13 rings (SSSR count). The van der Waals surface area contributed by atoms with E-state index in [0.717, 1.165) is 17.1 Å². The van der Waals surface area contributed by atoms with Crippen molar-refractivity contribution < 1.29 is 0 Å². The molecule has 0 radical (unpaired) electrons. The molecule has 0 aliphatic heterocycles. The highest BCUT2D eigenvalue weighted by atomic mass is 15.0. The quantitative estimate of drug-likeness (QED) is 0.159. The summed E-state index contributed by atoms with van der Waals surface area (Å²) in [5, 5.41) is 7.48. The van der Waals surface area contributed by atoms with Crippen LogP contribution in [0.25, 0.3) is 116 Å². The lowest BCUT2D eigenvalue weighted by atomic mass is 9.85. The maximum absolute atomic E-state index is 2.47. The Kier molecular flexibility index (Phi) is 8.13. The Morgan fingerprint density at radius 2 is 0.547 bits per heavy atom. The average molecular weight is 816 g/mol. The van der Waals surface area contributed by atoms with Gasteiger partial charge in [-0.15, -0.1) is 0 Å². The third kappa shape index (κ3) is 5.34. The zero-order valence-electron chi connectivity index (χ0n) is 35.3. The maximum atomic E-state index is 2.47. The Labute approximate surface area is 370 Å². The molecule has 3 heterocycles. The third-order valence-corrected chi connectivity index (χ3v) is 13.4. The molecule has 0 N–H and O–H groups in total. The summed E-state index contributed by atoms with van der Waals surface area (Å²) < 4.78 is 7.27. The minimum Gasteiger partial charge on any atom is -0.309 e. The van der Waals surface area contributed by atoms with Gasteiger partial charge in [0.1, 0.15) is 0 Å². The fraction of sp³-hybridized carbons (Fsp3) is 0.0164. The van der Waals surface area contributed by atoms with Crippen LogP contribution in [-0.4, -0.2) is 13.7 Å². The maximum Gasteiger partial charge on any atom is 0.0547 e. The Bertz CT molecular complexity index is 3760. The highest BCUT2D eigenvalue weighted by Gasteiger charge is 2.24. The monoisotopic (exact) mass is 815 g/mol. The van der Waals surface area contributed by atoms with Crippen molar-refractivity contribution in [2.45, 2.75) is 6.92 Å². The van der Waals surface area contributed by atoms with Gasteiger partial charge in [0, 0.05) is 49.4 Å². The van der Waals surface area contributed by atoms with E-state index in [1.165, 1.54) is 104 Å². The number of fused-ring (bicyclic) bond motifs is 9. The third-order valence-electron chi connectivity index (χ3n) is 13.4. The predicted molar refractivity (Wildman–Crippen MR) is 271 cm³/mol. The van der Waals surface area contributed by atoms with Gasteiger partial charge in [-0.05, 0) is 131 Å². The molecule has 0 saturated heterocycles. The van der Waals surface area contributed by atoms with E-state index in [1.54, 1.807) is 0 Å². The minimum atomic E-state index is 1.15. The summed E-state index contributed by atoms with van der Waals surface area (Å²) in [5.41, 5.74) is 19.2. The van der Waals surface area contributed by atoms with E-state index in [4.69, 9.17) is 0 Å². The van der Waals surface area contributed by atoms with Gasteiger partial charge in [-0.1, -0.05) is 146 Å². The van der Waals surface area contributed by atoms with Crippen LogP contribution in [0.4, 0.5) is 0 Å². The lowest BCUT2D eigenvalue weighted by molar-refractivity contribution is 1.18. The molecule has 13 aromatic rings. The molecular formula is C61H41N3. The van der Waals surface area contributed by atoms with Gasteiger partial charge in [0.05, 0.1) is 33.1 Å². The van der Waals surface area contributed by atoms with Gasteiger partial charge in [-0.2, -0.15) is 0 Å². The van der Waals surface area contributed by atoms with Crippen molar-refractivity contribution in [3.05, 3.63) is 236 Å². The van der Waals surface area contributed by atoms with Gasteiger partial charge in [-0.25, -0.2) is 0 Å². The molecule has 3 heteroatoms. The molecule has 300 valence electrons. The normalized spacial score (nSPS) is 11.8. The summed E-state index contributed by atoms with van der Waals surface area (Å²) in [6.45, 7) is 2.33. The number of benzene rings is 10. The van der Waals surface area contributed by atoms with Crippen LogP contribution in [0, 0.1) is 6.92 Å². The average Bonchev–Trinajstić information content (AvgIpc) is 4.01. The summed E-state index contributed by atoms with van der Waals surface area (Å²) in [6, 6.07) is 84.4. The summed E-state index contributed by atoms with van der Waals surface area (Å²) in [4.78, 5) is 0. The second-order valence-corrected chi connectivity index (χ2v) is 16.9. The summed E-state index contributed by atoms with van der Waals surface area (Å²) in [6.07, 6.45) is 0. The molecule has 0 unspecified atom stereocenters. The van der Waals surface area contributed by atoms with Crippen molar-refractivity contribution >= 4 is 65.4 Å². The Morgan fingerprint density at radius 1 is 0.250 bits per heavy atom. The molecule has 0 bridgehead atoms. The van der Waals surface area contributed by atoms with E-state index in [0.29, 0.717) is 0 Å². The zero-order valence-corrected chi connectivity index (χ0v) is 35.3. The molecule has 0 atom stereocenters. The fourth-order valence-corrected chi connectivity index (χ4v) is 10.7. The number of nitrogens with zero attached hydrogens (tertiary/aromatic N) is 3. The van der Waals surface area contributed by atoms with Gasteiger partial charge in [0.25, 0.3) is 0 Å². The number of rotatable bonds is 6. The van der Waals surface area contributed by atoms with E-state index in [2.05, 4.69) is 251 Å². The molecule has 3 nitrogen and oxygen atoms in total. The number of hydrogen-bond acceptors (Lipinski definition) is 0. The van der Waals surface area contributed by atoms with Crippen LogP contribution in [0.2, 0.25) is 0 Å². The highest BCUT2D eigenvalue weighted by Crippen LogP contribution is 2.47. The van der Waals surface area contributed by atoms with Crippen LogP contribution in [0.15, 0.2) is 231 Å². The van der Waals surface area contributed by atoms with Crippen LogP contribution in [-0.2, 0) is 0 Å². The SMILES string of the molecule is Cc1c(-c2cccc3c2c2ccccc2n3-c2ccccc2)cc(-c2cccc3c2c2ccccc2n3-c2ccccc2)cc1-c1cccc2c1c1ccccc1n2-c1ccccc1. The number of hydrogen-bond donors (Lipinski definition) is 0. The minimum absolute atomic E-state index is 1.15. The van der Waals surface area contributed by atoms with Crippen molar-refractivity contribution in [1.82, 2.24) is 13.7 Å². The molecule has 0 aliphatic carbocycles. The summed E-state index contributed by atoms with van der Waals surface area (Å²) >= 11 is 0. The first kappa shape index (κ1) is 36.3. The van der Waals surface area contributed by atoms with Gasteiger partial charge in [0.2, 0.25) is 0 Å². The molecule has 0 aliphatic rings. The number of para-hydroxylation sites is 6. The second-order valence-electron chi connectivity index (χ2n) is 16.9. The van der Waals surface area contributed by atoms with Gasteiger partial charge in [0.15, 0.2) is 0 Å². The van der Waals surface area contributed by atoms with Crippen LogP contribution in [0.5, 0.6) is 0 Å². The van der Waals surface area contributed by atoms with E-state index in [9.17, 15) is 0 Å². The molecule has 0 amide bonds. The molecule has 64 heavy (non-hydrogen) atoms. The topological polar surface area (TPSA) is 14.8 Å². The van der Waals surface area contributed by atoms with E-state index in [1.807, 2.05) is 0 Å². The lowest BCUT2D eigenvalue weighted by Gasteiger charge is -2.18. The summed E-state index contributed by atoms with van der Waals surface area (Å²) in [5.74, 6) is 0. The Balaban J connectivity index is 1.16. The molecule has 3 aromatic heterocycles. The second kappa shape index (κ2) is 14.3. The van der Waals surface area contributed by atoms with Gasteiger partial charge < -0.3 is 13.7 Å². The van der Waals surface area contributed by atoms with Gasteiger partial charge in [-0.3, -0.25) is 0 Å². The lowest BCUT2D eigenvalue weighted by Crippen LogP contribution is -1.95. The molecule has 0 fully saturated rings. The molecule has 0 saturated carbocycles. The summed E-state index contributed by atoms with van der Waals surface area (Å²) in [7, 11) is 0. The van der Waals surface area contributed by atoms with Crippen LogP contribution >= 0.6 is 0 Å². The Hall–Kier alpha value is -8.40. The van der Waals surface area contributed by atoms with Crippen molar-refractivity contribution in [2.75, 3.05) is 0 Å². The predicted octanol–water partition coefficient (Wildman–Crippen LogP) is 16.3. The van der Waals surface area contributed by atoms with E-state index in [-0.39, 0.29) is 0 Å².